The summed E-state index contributed by atoms with van der Waals surface area (Å²) in [6.07, 6.45) is 0.756. The number of carbonyl (C=O) groups is 1. The van der Waals surface area contributed by atoms with Crippen molar-refractivity contribution in [3.63, 3.8) is 0 Å². The fourth-order valence-electron chi connectivity index (χ4n) is 1.05. The third-order valence-electron chi connectivity index (χ3n) is 1.75. The maximum atomic E-state index is 12.2. The molecular formula is C10H20NO5P. The molecule has 0 saturated heterocycles. The molecule has 0 aliphatic heterocycles. The molecule has 0 spiro atoms. The summed E-state index contributed by atoms with van der Waals surface area (Å²) in [5, 5.41) is 2.40. The Bertz CT molecular complexity index is 284. The summed E-state index contributed by atoms with van der Waals surface area (Å²) in [4.78, 5) is 11.3. The van der Waals surface area contributed by atoms with E-state index in [1.54, 1.807) is 20.8 Å². The van der Waals surface area contributed by atoms with Crippen molar-refractivity contribution < 1.29 is 23.1 Å². The molecule has 0 bridgehead atoms. The molecule has 0 rings (SSSR count). The van der Waals surface area contributed by atoms with Crippen LogP contribution in [0.2, 0.25) is 0 Å². The van der Waals surface area contributed by atoms with E-state index in [1.807, 2.05) is 0 Å². The van der Waals surface area contributed by atoms with Crippen molar-refractivity contribution >= 4 is 13.7 Å². The minimum atomic E-state index is -3.33. The Morgan fingerprint density at radius 3 is 2.35 bits per heavy atom. The number of alkyl carbamates (subject to hydrolysis) is 1. The average molecular weight is 265 g/mol. The molecule has 1 unspecified atom stereocenters. The van der Waals surface area contributed by atoms with Gasteiger partial charge < -0.3 is 19.1 Å². The van der Waals surface area contributed by atoms with Crippen molar-refractivity contribution in [2.45, 2.75) is 26.6 Å². The molecule has 0 aromatic carbocycles. The zero-order chi connectivity index (χ0) is 13.3. The fourth-order valence-corrected chi connectivity index (χ4v) is 2.55. The van der Waals surface area contributed by atoms with E-state index in [2.05, 4.69) is 11.9 Å². The normalized spacial score (nSPS) is 12.9. The number of rotatable bonds is 8. The smallest absolute Gasteiger partial charge is 0.408 e. The van der Waals surface area contributed by atoms with Crippen LogP contribution < -0.4 is 5.32 Å². The summed E-state index contributed by atoms with van der Waals surface area (Å²) in [6.45, 7) is 8.93. The van der Waals surface area contributed by atoms with E-state index < -0.39 is 19.5 Å². The molecule has 6 nitrogen and oxygen atoms in total. The van der Waals surface area contributed by atoms with Crippen molar-refractivity contribution in [1.82, 2.24) is 5.32 Å². The first-order valence-electron chi connectivity index (χ1n) is 5.43. The quantitative estimate of drug-likeness (QED) is 0.539. The topological polar surface area (TPSA) is 73.9 Å². The van der Waals surface area contributed by atoms with Gasteiger partial charge in [0, 0.05) is 0 Å². The highest BCUT2D eigenvalue weighted by atomic mass is 31.2. The van der Waals surface area contributed by atoms with E-state index in [9.17, 15) is 9.36 Å². The summed E-state index contributed by atoms with van der Waals surface area (Å²) in [6, 6.07) is 0. The van der Waals surface area contributed by atoms with Gasteiger partial charge >= 0.3 is 13.7 Å². The van der Waals surface area contributed by atoms with Crippen LogP contribution in [0.4, 0.5) is 4.79 Å². The predicted molar refractivity (Wildman–Crippen MR) is 65.0 cm³/mol. The molecule has 0 aliphatic rings. The number of ether oxygens (including phenoxy) is 1. The van der Waals surface area contributed by atoms with Gasteiger partial charge in [0.25, 0.3) is 0 Å². The molecule has 0 heterocycles. The second-order valence-electron chi connectivity index (χ2n) is 3.08. The van der Waals surface area contributed by atoms with Crippen LogP contribution in [0.1, 0.15) is 20.8 Å². The average Bonchev–Trinajstić information content (AvgIpc) is 2.27. The Balaban J connectivity index is 4.41. The number of hydrogen-bond acceptors (Lipinski definition) is 5. The zero-order valence-electron chi connectivity index (χ0n) is 10.5. The lowest BCUT2D eigenvalue weighted by molar-refractivity contribution is 0.153. The molecule has 0 fully saturated rings. The SMILES string of the molecule is C=CCOC(=O)NC(C)P(=O)(OCC)OCC. The van der Waals surface area contributed by atoms with Gasteiger partial charge in [0.05, 0.1) is 13.2 Å². The fraction of sp³-hybridized carbons (Fsp3) is 0.700. The highest BCUT2D eigenvalue weighted by Gasteiger charge is 2.33. The predicted octanol–water partition coefficient (Wildman–Crippen LogP) is 2.51. The lowest BCUT2D eigenvalue weighted by Gasteiger charge is -2.23. The van der Waals surface area contributed by atoms with Gasteiger partial charge in [-0.25, -0.2) is 4.79 Å². The Kier molecular flexibility index (Phi) is 7.87. The van der Waals surface area contributed by atoms with Crippen molar-refractivity contribution in [3.05, 3.63) is 12.7 Å². The van der Waals surface area contributed by atoms with Crippen LogP contribution in [0.5, 0.6) is 0 Å². The summed E-state index contributed by atoms with van der Waals surface area (Å²) < 4.78 is 27.1. The van der Waals surface area contributed by atoms with Crippen molar-refractivity contribution in [2.75, 3.05) is 19.8 Å². The Morgan fingerprint density at radius 1 is 1.41 bits per heavy atom. The molecular weight excluding hydrogens is 245 g/mol. The Morgan fingerprint density at radius 2 is 1.94 bits per heavy atom. The third-order valence-corrected chi connectivity index (χ3v) is 4.07. The van der Waals surface area contributed by atoms with Crippen molar-refractivity contribution in [3.8, 4) is 0 Å². The van der Waals surface area contributed by atoms with Gasteiger partial charge in [-0.05, 0) is 20.8 Å². The van der Waals surface area contributed by atoms with E-state index in [0.717, 1.165) is 0 Å². The van der Waals surface area contributed by atoms with Gasteiger partial charge in [-0.15, -0.1) is 0 Å². The van der Waals surface area contributed by atoms with Crippen LogP contribution in [0.15, 0.2) is 12.7 Å². The van der Waals surface area contributed by atoms with Crippen LogP contribution in [0, 0.1) is 0 Å². The van der Waals surface area contributed by atoms with Crippen LogP contribution in [-0.4, -0.2) is 31.7 Å². The minimum Gasteiger partial charge on any atom is -0.445 e. The van der Waals surface area contributed by atoms with E-state index in [1.165, 1.54) is 6.08 Å². The van der Waals surface area contributed by atoms with Crippen molar-refractivity contribution in [2.24, 2.45) is 0 Å². The monoisotopic (exact) mass is 265 g/mol. The summed E-state index contributed by atoms with van der Waals surface area (Å²) >= 11 is 0. The maximum Gasteiger partial charge on any atom is 0.408 e. The Hall–Kier alpha value is -0.840. The van der Waals surface area contributed by atoms with Gasteiger partial charge in [0.1, 0.15) is 12.4 Å². The zero-order valence-corrected chi connectivity index (χ0v) is 11.4. The molecule has 0 saturated carbocycles. The number of nitrogens with one attached hydrogen (secondary N) is 1. The molecule has 0 aliphatic carbocycles. The lowest BCUT2D eigenvalue weighted by atomic mass is 10.7. The minimum absolute atomic E-state index is 0.0894. The van der Waals surface area contributed by atoms with Crippen molar-refractivity contribution in [1.29, 1.82) is 0 Å². The van der Waals surface area contributed by atoms with Crippen LogP contribution in [-0.2, 0) is 18.3 Å². The van der Waals surface area contributed by atoms with E-state index >= 15 is 0 Å². The second-order valence-corrected chi connectivity index (χ2v) is 5.45. The molecule has 7 heteroatoms. The number of hydrogen-bond donors (Lipinski definition) is 1. The van der Waals surface area contributed by atoms with E-state index in [0.29, 0.717) is 0 Å². The molecule has 1 amide bonds. The van der Waals surface area contributed by atoms with Crippen LogP contribution in [0.25, 0.3) is 0 Å². The standard InChI is InChI=1S/C10H20NO5P/c1-5-8-14-10(12)11-9(4)17(13,15-6-2)16-7-3/h5,9H,1,6-8H2,2-4H3,(H,11,12). The first kappa shape index (κ1) is 16.2. The van der Waals surface area contributed by atoms with Gasteiger partial charge in [0.2, 0.25) is 0 Å². The van der Waals surface area contributed by atoms with Gasteiger partial charge in [-0.1, -0.05) is 12.7 Å². The molecule has 100 valence electrons. The van der Waals surface area contributed by atoms with Gasteiger partial charge in [-0.3, -0.25) is 4.57 Å². The second kappa shape index (κ2) is 8.28. The number of carbonyl (C=O) groups excluding carboxylic acids is 1. The lowest BCUT2D eigenvalue weighted by Crippen LogP contribution is -2.34. The highest BCUT2D eigenvalue weighted by Crippen LogP contribution is 2.51. The molecule has 0 radical (unpaired) electrons. The Labute approximate surface area is 102 Å². The highest BCUT2D eigenvalue weighted by molar-refractivity contribution is 7.54. The molecule has 1 atom stereocenters. The maximum absolute atomic E-state index is 12.2. The van der Waals surface area contributed by atoms with E-state index in [4.69, 9.17) is 13.8 Å². The summed E-state index contributed by atoms with van der Waals surface area (Å²) in [5.41, 5.74) is 0. The summed E-state index contributed by atoms with van der Waals surface area (Å²) in [7, 11) is -3.33. The summed E-state index contributed by atoms with van der Waals surface area (Å²) in [5.74, 6) is -0.764. The number of amides is 1. The largest absolute Gasteiger partial charge is 0.445 e. The molecule has 17 heavy (non-hydrogen) atoms. The first-order valence-corrected chi connectivity index (χ1v) is 7.04. The first-order chi connectivity index (χ1) is 8.00. The van der Waals surface area contributed by atoms with Gasteiger partial charge in [0.15, 0.2) is 0 Å². The van der Waals surface area contributed by atoms with Gasteiger partial charge in [-0.2, -0.15) is 0 Å². The molecule has 0 aromatic rings. The molecule has 0 aromatic heterocycles. The van der Waals surface area contributed by atoms with Crippen LogP contribution in [0.3, 0.4) is 0 Å². The third kappa shape index (κ3) is 5.86. The van der Waals surface area contributed by atoms with Crippen LogP contribution >= 0.6 is 7.60 Å². The molecule has 1 N–H and O–H groups in total. The van der Waals surface area contributed by atoms with E-state index in [-0.39, 0.29) is 19.8 Å².